The number of Topliss-reactive ketones (excluding diaryl/α,β-unsaturated/α-hetero) is 3. The average Bonchev–Trinajstić information content (AvgIpc) is 3.53. The zero-order valence-corrected chi connectivity index (χ0v) is 39.2. The fourth-order valence-electron chi connectivity index (χ4n) is 10.2. The third kappa shape index (κ3) is 8.92. The highest BCUT2D eigenvalue weighted by molar-refractivity contribution is 6.32. The lowest BCUT2D eigenvalue weighted by Crippen LogP contribution is -2.56. The van der Waals surface area contributed by atoms with Crippen molar-refractivity contribution in [3.63, 3.8) is 0 Å². The summed E-state index contributed by atoms with van der Waals surface area (Å²) in [5, 5.41) is 14.5. The topological polar surface area (TPSA) is 176 Å². The number of nitrogens with zero attached hydrogens (tertiary/aromatic N) is 1. The molecule has 2 aromatic carbocycles. The van der Waals surface area contributed by atoms with Crippen molar-refractivity contribution in [2.45, 2.75) is 124 Å². The summed E-state index contributed by atoms with van der Waals surface area (Å²) < 4.78 is 37.4. The molecular weight excluding hydrogens is 833 g/mol. The monoisotopic (exact) mass is 894 g/mol. The number of ether oxygens (including phenoxy) is 6. The lowest BCUT2D eigenvalue weighted by Gasteiger charge is -2.50. The minimum absolute atomic E-state index is 0.0404. The van der Waals surface area contributed by atoms with Gasteiger partial charge in [0.1, 0.15) is 29.0 Å². The van der Waals surface area contributed by atoms with Crippen LogP contribution in [0.25, 0.3) is 0 Å². The molecule has 1 amide bonds. The average molecular weight is 895 g/mol. The Hall–Kier alpha value is -5.57. The first kappa shape index (κ1) is 47.4. The molecule has 6 aliphatic rings. The van der Waals surface area contributed by atoms with Crippen LogP contribution in [0.1, 0.15) is 123 Å². The first-order chi connectivity index (χ1) is 30.7. The van der Waals surface area contributed by atoms with E-state index in [9.17, 15) is 24.3 Å². The van der Waals surface area contributed by atoms with Crippen molar-refractivity contribution in [1.82, 2.24) is 10.2 Å². The van der Waals surface area contributed by atoms with Crippen LogP contribution in [0.5, 0.6) is 11.5 Å². The number of likely N-dealkylation sites (tertiary alicyclic amines) is 1. The number of carbonyl (C=O) groups excluding carboxylic acids is 5. The van der Waals surface area contributed by atoms with Gasteiger partial charge in [0.2, 0.25) is 11.6 Å². The van der Waals surface area contributed by atoms with E-state index < -0.39 is 76.3 Å². The van der Waals surface area contributed by atoms with E-state index in [1.54, 1.807) is 30.1 Å². The molecule has 2 aromatic rings. The Morgan fingerprint density at radius 3 is 2.17 bits per heavy atom. The number of fused-ring (bicyclic) bond motifs is 10. The second-order valence-electron chi connectivity index (χ2n) is 18.8. The quantitative estimate of drug-likeness (QED) is 0.287. The molecule has 0 spiro atoms. The molecule has 5 aliphatic heterocycles. The number of nitrogens with one attached hydrogen (secondary N) is 1. The number of phenols is 1. The van der Waals surface area contributed by atoms with Gasteiger partial charge in [0.15, 0.2) is 5.79 Å². The summed E-state index contributed by atoms with van der Waals surface area (Å²) in [7, 11) is 1.51. The van der Waals surface area contributed by atoms with E-state index in [2.05, 4.69) is 17.4 Å². The van der Waals surface area contributed by atoms with E-state index in [-0.39, 0.29) is 69.2 Å². The summed E-state index contributed by atoms with van der Waals surface area (Å²) in [5.41, 5.74) is 0.150. The van der Waals surface area contributed by atoms with Gasteiger partial charge in [0.25, 0.3) is 11.7 Å². The van der Waals surface area contributed by atoms with Crippen LogP contribution < -0.4 is 10.1 Å². The number of amides is 1. The highest BCUT2D eigenvalue weighted by Gasteiger charge is 2.54. The normalized spacial score (nSPS) is 32.8. The van der Waals surface area contributed by atoms with Gasteiger partial charge in [-0.25, -0.2) is 0 Å². The molecule has 0 saturated carbocycles. The van der Waals surface area contributed by atoms with Crippen molar-refractivity contribution < 1.29 is 57.5 Å². The van der Waals surface area contributed by atoms with Crippen LogP contribution in [-0.4, -0.2) is 95.4 Å². The Labute approximate surface area is 381 Å². The van der Waals surface area contributed by atoms with Crippen LogP contribution in [0.4, 0.5) is 0 Å². The van der Waals surface area contributed by atoms with Crippen molar-refractivity contribution in [3.05, 3.63) is 106 Å². The van der Waals surface area contributed by atoms with Crippen LogP contribution in [0.15, 0.2) is 77.9 Å². The Kier molecular flexibility index (Phi) is 13.4. The van der Waals surface area contributed by atoms with E-state index in [1.807, 2.05) is 65.8 Å². The molecule has 2 saturated heterocycles. The summed E-state index contributed by atoms with van der Waals surface area (Å²) in [6.07, 6.45) is 7.24. The highest BCUT2D eigenvalue weighted by atomic mass is 16.7. The molecule has 0 radical (unpaired) electrons. The number of hydrogen-bond acceptors (Lipinski definition) is 13. The van der Waals surface area contributed by atoms with E-state index in [0.717, 1.165) is 5.56 Å². The largest absolute Gasteiger partial charge is 0.507 e. The van der Waals surface area contributed by atoms with Gasteiger partial charge in [-0.1, -0.05) is 76.3 Å². The minimum Gasteiger partial charge on any atom is -0.507 e. The number of allylic oxidation sites excluding steroid dienone is 4. The molecule has 0 unspecified atom stereocenters. The molecule has 348 valence electrons. The first-order valence-electron chi connectivity index (χ1n) is 22.5. The third-order valence-corrected chi connectivity index (χ3v) is 13.8. The maximum absolute atomic E-state index is 15.1. The summed E-state index contributed by atoms with van der Waals surface area (Å²) >= 11 is 0. The predicted molar refractivity (Wildman–Crippen MR) is 240 cm³/mol. The van der Waals surface area contributed by atoms with Gasteiger partial charge >= 0.3 is 11.8 Å². The molecular formula is C51H62N2O12. The zero-order chi connectivity index (χ0) is 47.3. The highest BCUT2D eigenvalue weighted by Crippen LogP contribution is 2.49. The Morgan fingerprint density at radius 1 is 0.862 bits per heavy atom. The summed E-state index contributed by atoms with van der Waals surface area (Å²) in [4.78, 5) is 73.2. The number of esters is 1. The second-order valence-corrected chi connectivity index (χ2v) is 18.8. The number of benzene rings is 2. The Bertz CT molecular complexity index is 2370. The number of aromatic hydroxyl groups is 1. The second kappa shape index (κ2) is 18.4. The van der Waals surface area contributed by atoms with E-state index >= 15 is 4.79 Å². The summed E-state index contributed by atoms with van der Waals surface area (Å²) in [5.74, 6) is -8.14. The van der Waals surface area contributed by atoms with Crippen LogP contribution in [-0.2, 0) is 33.3 Å². The predicted octanol–water partition coefficient (Wildman–Crippen LogP) is 7.64. The molecule has 14 nitrogen and oxygen atoms in total. The smallest absolute Gasteiger partial charge is 0.312 e. The van der Waals surface area contributed by atoms with E-state index in [1.165, 1.54) is 34.1 Å². The van der Waals surface area contributed by atoms with Gasteiger partial charge in [0, 0.05) is 68.9 Å². The maximum atomic E-state index is 15.1. The van der Waals surface area contributed by atoms with Gasteiger partial charge in [0.05, 0.1) is 41.3 Å². The van der Waals surface area contributed by atoms with Gasteiger partial charge < -0.3 is 43.7 Å². The van der Waals surface area contributed by atoms with Crippen molar-refractivity contribution in [2.75, 3.05) is 20.2 Å². The maximum Gasteiger partial charge on any atom is 0.312 e. The molecule has 0 aromatic heterocycles. The standard InChI is InChI=1S/C51H62N2O12/c1-26-16-15-17-27(2)49(59)52-39-40(53-23-20-34(21-24-53)33-18-13-12-14-19-33)43(57)36-37(42(39)56)41(55)29(4)47-38(36)48(58)51(10,65-47)61-25-22-35(60-11)28(3)45(62-32(7)54)31(6)46-30(5)44(26)63-50(8,9)64-46/h12-19,22,25-26,28,30-31,34-35,44-46,55H,20-21,23-24H2,1-11H3,(H,52,59)/b16-15+,25-22+,27-17-/t26-,28+,30+,31+,35-,44-,45+,46-,51-/m0/s1. The fraction of sp³-hybridized carbons (Fsp3) is 0.510. The lowest BCUT2D eigenvalue weighted by atomic mass is 9.77. The van der Waals surface area contributed by atoms with Gasteiger partial charge in [-0.3, -0.25) is 24.0 Å². The van der Waals surface area contributed by atoms with Crippen molar-refractivity contribution in [2.24, 2.45) is 23.7 Å². The van der Waals surface area contributed by atoms with E-state index in [4.69, 9.17) is 28.4 Å². The zero-order valence-electron chi connectivity index (χ0n) is 39.2. The van der Waals surface area contributed by atoms with Crippen molar-refractivity contribution in [3.8, 4) is 11.5 Å². The van der Waals surface area contributed by atoms with E-state index in [0.29, 0.717) is 25.9 Å². The molecule has 1 aliphatic carbocycles. The summed E-state index contributed by atoms with van der Waals surface area (Å²) in [6.45, 7) is 18.1. The minimum atomic E-state index is -2.04. The molecule has 5 heterocycles. The third-order valence-electron chi connectivity index (χ3n) is 13.8. The molecule has 2 fully saturated rings. The summed E-state index contributed by atoms with van der Waals surface area (Å²) in [6, 6.07) is 10.0. The molecule has 7 bridgehead atoms. The number of phenolic OH excluding ortho intramolecular Hbond substituents is 1. The Morgan fingerprint density at radius 2 is 1.52 bits per heavy atom. The van der Waals surface area contributed by atoms with Crippen molar-refractivity contribution >= 4 is 29.2 Å². The van der Waals surface area contributed by atoms with Crippen LogP contribution in [0, 0.1) is 30.6 Å². The number of ketones is 3. The number of hydrogen-bond donors (Lipinski definition) is 2. The fourth-order valence-corrected chi connectivity index (χ4v) is 10.2. The van der Waals surface area contributed by atoms with Crippen LogP contribution in [0.2, 0.25) is 0 Å². The van der Waals surface area contributed by atoms with Crippen LogP contribution >= 0.6 is 0 Å². The number of rotatable bonds is 4. The molecule has 14 heteroatoms. The number of carbonyl (C=O) groups is 5. The first-order valence-corrected chi connectivity index (χ1v) is 22.5. The van der Waals surface area contributed by atoms with Crippen LogP contribution in [0.3, 0.4) is 0 Å². The molecule has 8 rings (SSSR count). The van der Waals surface area contributed by atoms with Crippen molar-refractivity contribution in [1.29, 1.82) is 0 Å². The number of piperidine rings is 1. The molecule has 2 N–H and O–H groups in total. The van der Waals surface area contributed by atoms with Gasteiger partial charge in [-0.2, -0.15) is 0 Å². The van der Waals surface area contributed by atoms with Gasteiger partial charge in [-0.05, 0) is 58.1 Å². The molecule has 65 heavy (non-hydrogen) atoms. The SMILES string of the molecule is CO[C@H]1/C=C/O[C@@]2(C)Oc3c(C)c(O)c4c(c3C2=O)C(=O)C(N2CCC(c3ccccc3)CC2)=C(NC(=O)/C(C)=C\C=C\[C@H](C)[C@@H]2OC(C)(C)O[C@H]([C@H](C)[C@H](OC(C)=O)[C@@H]1C)[C@@H]2C)C4=O. The lowest BCUT2D eigenvalue weighted by molar-refractivity contribution is -0.336. The van der Waals surface area contributed by atoms with Gasteiger partial charge in [-0.15, -0.1) is 0 Å². The Balaban J connectivity index is 1.34. The number of methoxy groups -OCH3 is 1. The molecule has 9 atom stereocenters.